The number of amides is 1. The highest BCUT2D eigenvalue weighted by molar-refractivity contribution is 7.99. The minimum atomic E-state index is -0.726. The number of anilines is 1. The zero-order chi connectivity index (χ0) is 23.9. The molecule has 1 aromatic rings. The first-order valence-corrected chi connectivity index (χ1v) is 14.3. The lowest BCUT2D eigenvalue weighted by atomic mass is 9.53. The topological polar surface area (TPSA) is 82.5 Å². The number of carbonyl (C=O) groups is 2. The summed E-state index contributed by atoms with van der Waals surface area (Å²) in [7, 11) is 0. The molecular formula is C27H39N3O3S. The smallest absolute Gasteiger partial charge is 0.306 e. The van der Waals surface area contributed by atoms with Crippen molar-refractivity contribution in [2.45, 2.75) is 82.2 Å². The van der Waals surface area contributed by atoms with Crippen LogP contribution >= 0.6 is 11.8 Å². The lowest BCUT2D eigenvalue weighted by Crippen LogP contribution is -2.59. The normalized spacial score (nSPS) is 33.1. The molecule has 4 saturated carbocycles. The molecule has 1 amide bonds. The standard InChI is InChI=1S/C27H39N3O3S/c1-3-9-34-25-22(24(31)29-27-13-18-10-19(14-27)12-20(11-18)15-27)6-7-23(28-25)30-8-4-5-21(16-30)17(2)26(32)33/h6-7,17-21H,3-5,8-16H2,1-2H3,(H,29,31)(H,32,33)/t17?,18?,19?,20?,21-,27?/m1/s1. The number of aromatic nitrogens is 1. The maximum Gasteiger partial charge on any atom is 0.306 e. The highest BCUT2D eigenvalue weighted by Gasteiger charge is 2.51. The zero-order valence-corrected chi connectivity index (χ0v) is 21.4. The van der Waals surface area contributed by atoms with Gasteiger partial charge in [-0.05, 0) is 99.3 Å². The minimum Gasteiger partial charge on any atom is -0.481 e. The fourth-order valence-corrected chi connectivity index (χ4v) is 8.36. The van der Waals surface area contributed by atoms with E-state index in [1.54, 1.807) is 11.8 Å². The van der Waals surface area contributed by atoms with E-state index >= 15 is 0 Å². The van der Waals surface area contributed by atoms with Crippen molar-refractivity contribution in [2.24, 2.45) is 29.6 Å². The number of aliphatic carboxylic acids is 1. The van der Waals surface area contributed by atoms with Crippen LogP contribution in [0.3, 0.4) is 0 Å². The highest BCUT2D eigenvalue weighted by atomic mass is 32.2. The van der Waals surface area contributed by atoms with E-state index in [1.807, 2.05) is 19.1 Å². The van der Waals surface area contributed by atoms with Crippen LogP contribution in [-0.2, 0) is 4.79 Å². The number of nitrogens with zero attached hydrogens (tertiary/aromatic N) is 2. The van der Waals surface area contributed by atoms with E-state index in [2.05, 4.69) is 17.1 Å². The van der Waals surface area contributed by atoms with E-state index in [0.29, 0.717) is 12.1 Å². The molecule has 4 bridgehead atoms. The Bertz CT molecular complexity index is 900. The number of carboxylic acids is 1. The quantitative estimate of drug-likeness (QED) is 0.491. The van der Waals surface area contributed by atoms with Gasteiger partial charge in [-0.1, -0.05) is 13.8 Å². The van der Waals surface area contributed by atoms with E-state index in [4.69, 9.17) is 4.98 Å². The molecule has 2 N–H and O–H groups in total. The summed E-state index contributed by atoms with van der Waals surface area (Å²) < 4.78 is 0. The number of pyridine rings is 1. The van der Waals surface area contributed by atoms with Gasteiger partial charge < -0.3 is 15.3 Å². The summed E-state index contributed by atoms with van der Waals surface area (Å²) in [6.07, 6.45) is 10.4. The van der Waals surface area contributed by atoms with Crippen molar-refractivity contribution in [1.82, 2.24) is 10.3 Å². The average Bonchev–Trinajstić information content (AvgIpc) is 2.80. The summed E-state index contributed by atoms with van der Waals surface area (Å²) in [4.78, 5) is 32.3. The molecule has 0 radical (unpaired) electrons. The molecule has 5 aliphatic rings. The van der Waals surface area contributed by atoms with E-state index in [-0.39, 0.29) is 23.3 Å². The summed E-state index contributed by atoms with van der Waals surface area (Å²) in [6, 6.07) is 3.93. The number of thioether (sulfide) groups is 1. The Kier molecular flexibility index (Phi) is 6.84. The Hall–Kier alpha value is -1.76. The van der Waals surface area contributed by atoms with Crippen molar-refractivity contribution < 1.29 is 14.7 Å². The molecule has 1 unspecified atom stereocenters. The van der Waals surface area contributed by atoms with Gasteiger partial charge in [-0.2, -0.15) is 0 Å². The first-order chi connectivity index (χ1) is 16.4. The highest BCUT2D eigenvalue weighted by Crippen LogP contribution is 2.55. The number of hydrogen-bond donors (Lipinski definition) is 2. The molecule has 7 heteroatoms. The number of hydrogen-bond acceptors (Lipinski definition) is 5. The Labute approximate surface area is 207 Å². The van der Waals surface area contributed by atoms with Gasteiger partial charge >= 0.3 is 5.97 Å². The molecule has 4 aliphatic carbocycles. The van der Waals surface area contributed by atoms with Crippen LogP contribution in [0.4, 0.5) is 5.82 Å². The average molecular weight is 486 g/mol. The molecule has 2 atom stereocenters. The van der Waals surface area contributed by atoms with Gasteiger partial charge in [0.1, 0.15) is 10.8 Å². The van der Waals surface area contributed by atoms with Crippen molar-refractivity contribution in [2.75, 3.05) is 23.7 Å². The van der Waals surface area contributed by atoms with Crippen LogP contribution in [0.2, 0.25) is 0 Å². The summed E-state index contributed by atoms with van der Waals surface area (Å²) in [6.45, 7) is 5.54. The van der Waals surface area contributed by atoms with Crippen molar-refractivity contribution in [3.63, 3.8) is 0 Å². The molecule has 6 rings (SSSR count). The monoisotopic (exact) mass is 485 g/mol. The molecule has 34 heavy (non-hydrogen) atoms. The molecule has 0 aromatic carbocycles. The van der Waals surface area contributed by atoms with Gasteiger partial charge in [0.25, 0.3) is 5.91 Å². The Morgan fingerprint density at radius 1 is 1.21 bits per heavy atom. The molecule has 1 saturated heterocycles. The molecule has 6 nitrogen and oxygen atoms in total. The number of nitrogens with one attached hydrogen (secondary N) is 1. The van der Waals surface area contributed by atoms with Gasteiger partial charge in [0, 0.05) is 18.6 Å². The van der Waals surface area contributed by atoms with Crippen LogP contribution in [0, 0.1) is 29.6 Å². The summed E-state index contributed by atoms with van der Waals surface area (Å²) in [5.41, 5.74) is 0.690. The molecule has 0 spiro atoms. The van der Waals surface area contributed by atoms with E-state index in [0.717, 1.165) is 79.4 Å². The van der Waals surface area contributed by atoms with Crippen LogP contribution in [0.15, 0.2) is 17.2 Å². The SMILES string of the molecule is CCCSc1nc(N2CCC[C@@H](C(C)C(=O)O)C2)ccc1C(=O)NC12CC3CC(CC(C3)C1)C2. The lowest BCUT2D eigenvalue weighted by molar-refractivity contribution is -0.143. The number of piperidine rings is 1. The lowest BCUT2D eigenvalue weighted by Gasteiger charge is -2.56. The van der Waals surface area contributed by atoms with Gasteiger partial charge in [0.05, 0.1) is 11.5 Å². The third-order valence-electron chi connectivity index (χ3n) is 8.83. The Morgan fingerprint density at radius 3 is 2.50 bits per heavy atom. The van der Waals surface area contributed by atoms with Gasteiger partial charge in [0.2, 0.25) is 0 Å². The number of carboxylic acid groups (broad SMARTS) is 1. The third-order valence-corrected chi connectivity index (χ3v) is 10.0. The molecular weight excluding hydrogens is 446 g/mol. The van der Waals surface area contributed by atoms with Crippen LogP contribution in [0.5, 0.6) is 0 Å². The van der Waals surface area contributed by atoms with Gasteiger partial charge in [-0.3, -0.25) is 9.59 Å². The number of rotatable bonds is 8. The van der Waals surface area contributed by atoms with E-state index in [1.165, 1.54) is 19.3 Å². The fourth-order valence-electron chi connectivity index (χ4n) is 7.49. The first kappa shape index (κ1) is 24.0. The van der Waals surface area contributed by atoms with Crippen molar-refractivity contribution in [3.05, 3.63) is 17.7 Å². The van der Waals surface area contributed by atoms with Crippen molar-refractivity contribution in [3.8, 4) is 0 Å². The minimum absolute atomic E-state index is 0.00966. The van der Waals surface area contributed by atoms with E-state index < -0.39 is 5.97 Å². The maximum absolute atomic E-state index is 13.6. The predicted octanol–water partition coefficient (Wildman–Crippen LogP) is 5.22. The van der Waals surface area contributed by atoms with Crippen LogP contribution in [0.25, 0.3) is 0 Å². The molecule has 186 valence electrons. The third kappa shape index (κ3) is 4.82. The van der Waals surface area contributed by atoms with E-state index in [9.17, 15) is 14.7 Å². The fraction of sp³-hybridized carbons (Fsp3) is 0.741. The summed E-state index contributed by atoms with van der Waals surface area (Å²) in [5.74, 6) is 3.25. The van der Waals surface area contributed by atoms with Crippen LogP contribution in [0.1, 0.15) is 82.0 Å². The molecule has 5 fully saturated rings. The van der Waals surface area contributed by atoms with Crippen LogP contribution in [-0.4, -0.2) is 46.3 Å². The first-order valence-electron chi connectivity index (χ1n) is 13.3. The van der Waals surface area contributed by atoms with Crippen molar-refractivity contribution >= 4 is 29.5 Å². The molecule has 1 aliphatic heterocycles. The summed E-state index contributed by atoms with van der Waals surface area (Å²) in [5, 5.41) is 13.8. The van der Waals surface area contributed by atoms with Gasteiger partial charge in [-0.25, -0.2) is 4.98 Å². The second-order valence-electron chi connectivity index (χ2n) is 11.5. The maximum atomic E-state index is 13.6. The summed E-state index contributed by atoms with van der Waals surface area (Å²) >= 11 is 1.67. The molecule has 1 aromatic heterocycles. The number of carbonyl (C=O) groups excluding carboxylic acids is 1. The van der Waals surface area contributed by atoms with Gasteiger partial charge in [-0.15, -0.1) is 11.8 Å². The molecule has 2 heterocycles. The second kappa shape index (κ2) is 9.71. The Balaban J connectivity index is 1.34. The second-order valence-corrected chi connectivity index (χ2v) is 12.6. The predicted molar refractivity (Wildman–Crippen MR) is 135 cm³/mol. The Morgan fingerprint density at radius 2 is 1.88 bits per heavy atom. The van der Waals surface area contributed by atoms with Crippen LogP contribution < -0.4 is 10.2 Å². The zero-order valence-electron chi connectivity index (χ0n) is 20.6. The van der Waals surface area contributed by atoms with Crippen molar-refractivity contribution in [1.29, 1.82) is 0 Å². The van der Waals surface area contributed by atoms with Gasteiger partial charge in [0.15, 0.2) is 0 Å². The largest absolute Gasteiger partial charge is 0.481 e.